The van der Waals surface area contributed by atoms with Crippen LogP contribution in [-0.4, -0.2) is 11.2 Å². The second-order valence-electron chi connectivity index (χ2n) is 3.46. The zero-order chi connectivity index (χ0) is 9.84. The number of rotatable bonds is 3. The van der Waals surface area contributed by atoms with Crippen LogP contribution in [0.5, 0.6) is 0 Å². The molecule has 0 radical (unpaired) electrons. The Bertz CT molecular complexity index is 281. The first-order valence-corrected chi connectivity index (χ1v) is 5.32. The van der Waals surface area contributed by atoms with E-state index in [9.17, 15) is 0 Å². The van der Waals surface area contributed by atoms with E-state index in [1.165, 1.54) is 11.1 Å². The average Bonchev–Trinajstić information content (AvgIpc) is 2.06. The second-order valence-corrected chi connectivity index (χ2v) is 4.37. The molecule has 1 aromatic rings. The van der Waals surface area contributed by atoms with Crippen molar-refractivity contribution < 1.29 is 5.11 Å². The summed E-state index contributed by atoms with van der Waals surface area (Å²) in [5, 5.41) is 9.16. The van der Waals surface area contributed by atoms with Crippen LogP contribution in [0.15, 0.2) is 22.7 Å². The number of benzene rings is 1. The Morgan fingerprint density at radius 1 is 1.46 bits per heavy atom. The van der Waals surface area contributed by atoms with E-state index in [2.05, 4.69) is 35.0 Å². The molecular weight excluding hydrogens is 228 g/mol. The van der Waals surface area contributed by atoms with E-state index >= 15 is 0 Å². The lowest BCUT2D eigenvalue weighted by Gasteiger charge is -2.07. The molecule has 0 heterocycles. The summed E-state index contributed by atoms with van der Waals surface area (Å²) < 4.78 is 1.11. The van der Waals surface area contributed by atoms with Crippen molar-refractivity contribution in [2.75, 3.05) is 0 Å². The molecule has 0 aliphatic carbocycles. The SMILES string of the molecule is Cc1ccc(Br)cc1CCC(C)O. The maximum absolute atomic E-state index is 9.16. The number of hydrogen-bond acceptors (Lipinski definition) is 1. The van der Waals surface area contributed by atoms with E-state index in [0.29, 0.717) is 0 Å². The van der Waals surface area contributed by atoms with Crippen molar-refractivity contribution in [2.45, 2.75) is 32.8 Å². The minimum absolute atomic E-state index is 0.210. The Morgan fingerprint density at radius 2 is 2.15 bits per heavy atom. The molecule has 0 aliphatic rings. The lowest BCUT2D eigenvalue weighted by molar-refractivity contribution is 0.185. The van der Waals surface area contributed by atoms with Crippen LogP contribution < -0.4 is 0 Å². The fourth-order valence-electron chi connectivity index (χ4n) is 1.27. The molecule has 1 unspecified atom stereocenters. The van der Waals surface area contributed by atoms with Gasteiger partial charge in [0.1, 0.15) is 0 Å². The summed E-state index contributed by atoms with van der Waals surface area (Å²) in [6.45, 7) is 3.93. The van der Waals surface area contributed by atoms with Gasteiger partial charge in [-0.05, 0) is 49.9 Å². The molecule has 0 saturated heterocycles. The van der Waals surface area contributed by atoms with Crippen molar-refractivity contribution in [3.63, 3.8) is 0 Å². The molecule has 1 rings (SSSR count). The molecular formula is C11H15BrO. The van der Waals surface area contributed by atoms with Crippen LogP contribution in [0.1, 0.15) is 24.5 Å². The van der Waals surface area contributed by atoms with E-state index in [-0.39, 0.29) is 6.10 Å². The lowest BCUT2D eigenvalue weighted by Crippen LogP contribution is -2.02. The predicted octanol–water partition coefficient (Wildman–Crippen LogP) is 3.07. The fourth-order valence-corrected chi connectivity index (χ4v) is 1.68. The van der Waals surface area contributed by atoms with Gasteiger partial charge >= 0.3 is 0 Å². The highest BCUT2D eigenvalue weighted by Gasteiger charge is 2.01. The van der Waals surface area contributed by atoms with Gasteiger partial charge in [-0.2, -0.15) is 0 Å². The molecule has 2 heteroatoms. The van der Waals surface area contributed by atoms with Gasteiger partial charge in [0.05, 0.1) is 6.10 Å². The number of aryl methyl sites for hydroxylation is 2. The van der Waals surface area contributed by atoms with E-state index in [1.807, 2.05) is 13.0 Å². The zero-order valence-corrected chi connectivity index (χ0v) is 9.63. The highest BCUT2D eigenvalue weighted by Crippen LogP contribution is 2.17. The van der Waals surface area contributed by atoms with E-state index in [4.69, 9.17) is 5.11 Å². The third-order valence-electron chi connectivity index (χ3n) is 2.14. The Labute approximate surface area is 87.9 Å². The van der Waals surface area contributed by atoms with Crippen molar-refractivity contribution in [1.82, 2.24) is 0 Å². The topological polar surface area (TPSA) is 20.2 Å². The van der Waals surface area contributed by atoms with Crippen LogP contribution >= 0.6 is 15.9 Å². The third kappa shape index (κ3) is 3.49. The molecule has 0 bridgehead atoms. The molecule has 1 aromatic carbocycles. The zero-order valence-electron chi connectivity index (χ0n) is 8.05. The summed E-state index contributed by atoms with van der Waals surface area (Å²) in [7, 11) is 0. The number of halogens is 1. The fraction of sp³-hybridized carbons (Fsp3) is 0.455. The summed E-state index contributed by atoms with van der Waals surface area (Å²) in [5.74, 6) is 0. The number of hydrogen-bond donors (Lipinski definition) is 1. The second kappa shape index (κ2) is 4.77. The molecule has 0 amide bonds. The summed E-state index contributed by atoms with van der Waals surface area (Å²) in [5.41, 5.74) is 2.61. The van der Waals surface area contributed by atoms with Crippen LogP contribution in [0.2, 0.25) is 0 Å². The van der Waals surface area contributed by atoms with E-state index in [1.54, 1.807) is 0 Å². The van der Waals surface area contributed by atoms with Crippen LogP contribution in [-0.2, 0) is 6.42 Å². The highest BCUT2D eigenvalue weighted by atomic mass is 79.9. The smallest absolute Gasteiger partial charge is 0.0515 e. The highest BCUT2D eigenvalue weighted by molar-refractivity contribution is 9.10. The van der Waals surface area contributed by atoms with Gasteiger partial charge in [0.2, 0.25) is 0 Å². The first kappa shape index (κ1) is 10.7. The van der Waals surface area contributed by atoms with Gasteiger partial charge in [0, 0.05) is 4.47 Å². The van der Waals surface area contributed by atoms with Crippen molar-refractivity contribution in [1.29, 1.82) is 0 Å². The summed E-state index contributed by atoms with van der Waals surface area (Å²) in [6, 6.07) is 6.26. The molecule has 0 aromatic heterocycles. The Morgan fingerprint density at radius 3 is 2.77 bits per heavy atom. The summed E-state index contributed by atoms with van der Waals surface area (Å²) in [6.07, 6.45) is 1.57. The number of aliphatic hydroxyl groups is 1. The number of aliphatic hydroxyl groups excluding tert-OH is 1. The lowest BCUT2D eigenvalue weighted by atomic mass is 10.0. The molecule has 1 nitrogen and oxygen atoms in total. The Kier molecular flexibility index (Phi) is 3.94. The van der Waals surface area contributed by atoms with Crippen molar-refractivity contribution in [2.24, 2.45) is 0 Å². The minimum atomic E-state index is -0.210. The standard InChI is InChI=1S/C11H15BrO/c1-8-3-6-11(12)7-10(8)5-4-9(2)13/h3,6-7,9,13H,4-5H2,1-2H3. The van der Waals surface area contributed by atoms with Crippen molar-refractivity contribution in [3.05, 3.63) is 33.8 Å². The maximum atomic E-state index is 9.16. The van der Waals surface area contributed by atoms with Gasteiger partial charge in [-0.1, -0.05) is 22.0 Å². The first-order chi connectivity index (χ1) is 6.09. The molecule has 0 saturated carbocycles. The Balaban J connectivity index is 2.70. The maximum Gasteiger partial charge on any atom is 0.0515 e. The molecule has 0 fully saturated rings. The molecule has 1 atom stereocenters. The quantitative estimate of drug-likeness (QED) is 0.864. The monoisotopic (exact) mass is 242 g/mol. The first-order valence-electron chi connectivity index (χ1n) is 4.52. The van der Waals surface area contributed by atoms with Gasteiger partial charge in [-0.25, -0.2) is 0 Å². The van der Waals surface area contributed by atoms with E-state index < -0.39 is 0 Å². The van der Waals surface area contributed by atoms with Gasteiger partial charge in [-0.15, -0.1) is 0 Å². The van der Waals surface area contributed by atoms with E-state index in [0.717, 1.165) is 17.3 Å². The molecule has 1 N–H and O–H groups in total. The van der Waals surface area contributed by atoms with Gasteiger partial charge in [0.25, 0.3) is 0 Å². The van der Waals surface area contributed by atoms with Crippen LogP contribution in [0.3, 0.4) is 0 Å². The summed E-state index contributed by atoms with van der Waals surface area (Å²) in [4.78, 5) is 0. The van der Waals surface area contributed by atoms with Crippen LogP contribution in [0.4, 0.5) is 0 Å². The third-order valence-corrected chi connectivity index (χ3v) is 2.64. The normalized spacial score (nSPS) is 12.9. The summed E-state index contributed by atoms with van der Waals surface area (Å²) >= 11 is 3.44. The largest absolute Gasteiger partial charge is 0.393 e. The van der Waals surface area contributed by atoms with Crippen molar-refractivity contribution >= 4 is 15.9 Å². The van der Waals surface area contributed by atoms with Gasteiger partial charge in [-0.3, -0.25) is 0 Å². The van der Waals surface area contributed by atoms with Gasteiger partial charge < -0.3 is 5.11 Å². The molecule has 0 spiro atoms. The average molecular weight is 243 g/mol. The van der Waals surface area contributed by atoms with Crippen LogP contribution in [0, 0.1) is 6.92 Å². The van der Waals surface area contributed by atoms with Gasteiger partial charge in [0.15, 0.2) is 0 Å². The molecule has 13 heavy (non-hydrogen) atoms. The van der Waals surface area contributed by atoms with Crippen molar-refractivity contribution in [3.8, 4) is 0 Å². The minimum Gasteiger partial charge on any atom is -0.393 e. The molecule has 0 aliphatic heterocycles. The molecule has 72 valence electrons. The Hall–Kier alpha value is -0.340. The van der Waals surface area contributed by atoms with Crippen LogP contribution in [0.25, 0.3) is 0 Å². The predicted molar refractivity (Wildman–Crippen MR) is 58.9 cm³/mol.